The van der Waals surface area contributed by atoms with Crippen LogP contribution in [0.2, 0.25) is 0 Å². The maximum atomic E-state index is 12.6. The number of nitrogens with one attached hydrogen (secondary N) is 1. The molecule has 0 aliphatic carbocycles. The molecule has 1 heterocycles. The van der Waals surface area contributed by atoms with E-state index < -0.39 is 11.3 Å². The number of imide groups is 1. The molecule has 7 heteroatoms. The maximum Gasteiger partial charge on any atom is 0.291 e. The Morgan fingerprint density at radius 1 is 1.19 bits per heavy atom. The van der Waals surface area contributed by atoms with Gasteiger partial charge in [-0.2, -0.15) is 0 Å². The summed E-state index contributed by atoms with van der Waals surface area (Å²) in [7, 11) is 0. The lowest BCUT2D eigenvalue weighted by Gasteiger charge is -2.16. The van der Waals surface area contributed by atoms with Crippen molar-refractivity contribution in [2.75, 3.05) is 5.32 Å². The number of hydrogen-bond donors (Lipinski definition) is 1. The lowest BCUT2D eigenvalue weighted by atomic mass is 10.1. The molecule has 3 rings (SSSR count). The molecule has 0 spiro atoms. The summed E-state index contributed by atoms with van der Waals surface area (Å²) < 4.78 is 0. The molecule has 1 fully saturated rings. The zero-order chi connectivity index (χ0) is 18.8. The minimum absolute atomic E-state index is 0.0132. The van der Waals surface area contributed by atoms with Crippen molar-refractivity contribution in [1.82, 2.24) is 4.90 Å². The summed E-state index contributed by atoms with van der Waals surface area (Å²) in [5.74, 6) is -1.64. The Kier molecular flexibility index (Phi) is 4.99. The Labute approximate surface area is 155 Å². The van der Waals surface area contributed by atoms with Gasteiger partial charge in [0.2, 0.25) is 0 Å². The van der Waals surface area contributed by atoms with Crippen LogP contribution in [0.5, 0.6) is 0 Å². The molecule has 0 radical (unpaired) electrons. The topological polar surface area (TPSA) is 89.5 Å². The lowest BCUT2D eigenvalue weighted by Crippen LogP contribution is -2.34. The molecule has 2 aromatic rings. The van der Waals surface area contributed by atoms with E-state index in [1.54, 1.807) is 12.1 Å². The van der Waals surface area contributed by atoms with Crippen LogP contribution in [0.3, 0.4) is 0 Å². The highest BCUT2D eigenvalue weighted by Gasteiger charge is 2.39. The van der Waals surface area contributed by atoms with Crippen molar-refractivity contribution in [2.45, 2.75) is 25.8 Å². The molecule has 1 aliphatic rings. The van der Waals surface area contributed by atoms with E-state index in [1.807, 2.05) is 32.0 Å². The zero-order valence-electron chi connectivity index (χ0n) is 14.3. The molecule has 6 nitrogen and oxygen atoms in total. The molecular weight excluding hydrogens is 352 g/mol. The Morgan fingerprint density at radius 3 is 2.65 bits per heavy atom. The molecule has 1 aliphatic heterocycles. The third-order valence-electron chi connectivity index (χ3n) is 4.10. The van der Waals surface area contributed by atoms with Gasteiger partial charge in [0.1, 0.15) is 0 Å². The molecule has 0 bridgehead atoms. The van der Waals surface area contributed by atoms with Gasteiger partial charge >= 0.3 is 0 Å². The van der Waals surface area contributed by atoms with E-state index in [2.05, 4.69) is 5.32 Å². The van der Waals surface area contributed by atoms with Gasteiger partial charge in [-0.1, -0.05) is 35.9 Å². The second kappa shape index (κ2) is 7.21. The number of amides is 2. The monoisotopic (exact) mass is 369 g/mol. The van der Waals surface area contributed by atoms with Crippen LogP contribution in [0.4, 0.5) is 10.5 Å². The molecule has 1 N–H and O–H groups in total. The zero-order valence-corrected chi connectivity index (χ0v) is 15.1. The predicted octanol–water partition coefficient (Wildman–Crippen LogP) is 2.30. The van der Waals surface area contributed by atoms with E-state index in [0.29, 0.717) is 5.56 Å². The normalized spacial score (nSPS) is 16.8. The summed E-state index contributed by atoms with van der Waals surface area (Å²) in [6, 6.07) is 11.9. The standard InChI is InChI=1S/C19H18N2O4S/c1-11-6-7-15(12(2)8-11)20-16-17(22)21(19(25)26-16)10-13-4-3-5-14(9-13)18(23)24/h3-9,16,20H,10H2,1-2H3,(H,23,24)/p-1. The third kappa shape index (κ3) is 3.72. The minimum Gasteiger partial charge on any atom is -0.545 e. The predicted molar refractivity (Wildman–Crippen MR) is 97.6 cm³/mol. The fourth-order valence-corrected chi connectivity index (χ4v) is 3.67. The Balaban J connectivity index is 1.74. The summed E-state index contributed by atoms with van der Waals surface area (Å²) >= 11 is 0.917. The van der Waals surface area contributed by atoms with Gasteiger partial charge in [0, 0.05) is 5.69 Å². The maximum absolute atomic E-state index is 12.6. The quantitative estimate of drug-likeness (QED) is 0.870. The fraction of sp³-hybridized carbons (Fsp3) is 0.211. The minimum atomic E-state index is -1.30. The number of carbonyl (C=O) groups is 3. The molecule has 1 atom stereocenters. The second-order valence-corrected chi connectivity index (χ2v) is 7.20. The molecule has 26 heavy (non-hydrogen) atoms. The second-order valence-electron chi connectivity index (χ2n) is 6.14. The Morgan fingerprint density at radius 2 is 1.96 bits per heavy atom. The van der Waals surface area contributed by atoms with Gasteiger partial charge in [-0.15, -0.1) is 0 Å². The summed E-state index contributed by atoms with van der Waals surface area (Å²) in [5.41, 5.74) is 3.48. The summed E-state index contributed by atoms with van der Waals surface area (Å²) in [5, 5.41) is 13.0. The van der Waals surface area contributed by atoms with Gasteiger partial charge in [-0.25, -0.2) is 0 Å². The van der Waals surface area contributed by atoms with Crippen LogP contribution in [-0.2, 0) is 11.3 Å². The van der Waals surface area contributed by atoms with Gasteiger partial charge in [0.15, 0.2) is 5.37 Å². The number of carboxylic acid groups (broad SMARTS) is 1. The van der Waals surface area contributed by atoms with E-state index in [-0.39, 0.29) is 23.3 Å². The van der Waals surface area contributed by atoms with Gasteiger partial charge in [-0.05, 0) is 54.4 Å². The highest BCUT2D eigenvalue weighted by atomic mass is 32.2. The number of anilines is 1. The average molecular weight is 369 g/mol. The lowest BCUT2D eigenvalue weighted by molar-refractivity contribution is -0.255. The van der Waals surface area contributed by atoms with E-state index in [9.17, 15) is 19.5 Å². The van der Waals surface area contributed by atoms with Crippen molar-refractivity contribution in [2.24, 2.45) is 0 Å². The number of hydrogen-bond acceptors (Lipinski definition) is 6. The van der Waals surface area contributed by atoms with Crippen molar-refractivity contribution in [1.29, 1.82) is 0 Å². The van der Waals surface area contributed by atoms with Crippen LogP contribution in [0.15, 0.2) is 42.5 Å². The van der Waals surface area contributed by atoms with Gasteiger partial charge < -0.3 is 15.2 Å². The Bertz CT molecular complexity index is 897. The summed E-state index contributed by atoms with van der Waals surface area (Å²) in [4.78, 5) is 36.9. The number of carbonyl (C=O) groups excluding carboxylic acids is 3. The largest absolute Gasteiger partial charge is 0.545 e. The molecule has 2 amide bonds. The van der Waals surface area contributed by atoms with Crippen LogP contribution in [-0.4, -0.2) is 27.4 Å². The Hall–Kier alpha value is -2.80. The number of aromatic carboxylic acids is 1. The van der Waals surface area contributed by atoms with Crippen molar-refractivity contribution in [3.8, 4) is 0 Å². The van der Waals surface area contributed by atoms with E-state index in [1.165, 1.54) is 12.1 Å². The van der Waals surface area contributed by atoms with Crippen molar-refractivity contribution >= 4 is 34.6 Å². The number of benzene rings is 2. The van der Waals surface area contributed by atoms with Crippen LogP contribution in [0.25, 0.3) is 0 Å². The highest BCUT2D eigenvalue weighted by Crippen LogP contribution is 2.30. The molecular formula is C19H17N2O4S-. The van der Waals surface area contributed by atoms with Crippen molar-refractivity contribution in [3.63, 3.8) is 0 Å². The fourth-order valence-electron chi connectivity index (χ4n) is 2.78. The summed E-state index contributed by atoms with van der Waals surface area (Å²) in [6.07, 6.45) is 0. The average Bonchev–Trinajstić information content (AvgIpc) is 2.85. The van der Waals surface area contributed by atoms with Crippen LogP contribution < -0.4 is 10.4 Å². The third-order valence-corrected chi connectivity index (χ3v) is 5.08. The first kappa shape index (κ1) is 18.0. The first-order chi connectivity index (χ1) is 12.3. The first-order valence-electron chi connectivity index (χ1n) is 8.01. The van der Waals surface area contributed by atoms with E-state index >= 15 is 0 Å². The number of carboxylic acids is 1. The number of nitrogens with zero attached hydrogens (tertiary/aromatic N) is 1. The first-order valence-corrected chi connectivity index (χ1v) is 8.89. The smallest absolute Gasteiger partial charge is 0.291 e. The molecule has 0 saturated carbocycles. The van der Waals surface area contributed by atoms with Gasteiger partial charge in [0.05, 0.1) is 12.5 Å². The van der Waals surface area contributed by atoms with Crippen molar-refractivity contribution < 1.29 is 19.5 Å². The molecule has 1 unspecified atom stereocenters. The van der Waals surface area contributed by atoms with Crippen molar-refractivity contribution in [3.05, 3.63) is 64.7 Å². The number of thioether (sulfide) groups is 1. The highest BCUT2D eigenvalue weighted by molar-refractivity contribution is 8.15. The molecule has 0 aromatic heterocycles. The van der Waals surface area contributed by atoms with Crippen LogP contribution >= 0.6 is 11.8 Å². The number of aryl methyl sites for hydroxylation is 2. The number of rotatable bonds is 5. The van der Waals surface area contributed by atoms with Crippen LogP contribution in [0.1, 0.15) is 27.0 Å². The molecule has 134 valence electrons. The van der Waals surface area contributed by atoms with E-state index in [4.69, 9.17) is 0 Å². The van der Waals surface area contributed by atoms with Gasteiger partial charge in [0.25, 0.3) is 11.1 Å². The molecule has 1 saturated heterocycles. The van der Waals surface area contributed by atoms with Gasteiger partial charge in [-0.3, -0.25) is 14.5 Å². The summed E-state index contributed by atoms with van der Waals surface area (Å²) in [6.45, 7) is 3.94. The molecule has 2 aromatic carbocycles. The van der Waals surface area contributed by atoms with Crippen LogP contribution in [0, 0.1) is 13.8 Å². The van der Waals surface area contributed by atoms with E-state index in [0.717, 1.165) is 33.5 Å². The SMILES string of the molecule is Cc1ccc(NC2SC(=O)N(Cc3cccc(C(=O)[O-])c3)C2=O)c(C)c1.